The fraction of sp³-hybridized carbons (Fsp3) is 0.483. The van der Waals surface area contributed by atoms with Gasteiger partial charge in [0.1, 0.15) is 18.2 Å². The van der Waals surface area contributed by atoms with E-state index in [-0.39, 0.29) is 12.6 Å². The number of hydrogen-bond acceptors (Lipinski definition) is 9. The maximum absolute atomic E-state index is 10.5. The predicted molar refractivity (Wildman–Crippen MR) is 155 cm³/mol. The minimum Gasteiger partial charge on any atom is -0.463 e. The van der Waals surface area contributed by atoms with Crippen LogP contribution in [0.3, 0.4) is 0 Å². The van der Waals surface area contributed by atoms with Crippen molar-refractivity contribution >= 4 is 35.7 Å². The maximum atomic E-state index is 10.5. The quantitative estimate of drug-likeness (QED) is 0.356. The average molecular weight is 550 g/mol. The van der Waals surface area contributed by atoms with E-state index >= 15 is 0 Å². The van der Waals surface area contributed by atoms with Crippen molar-refractivity contribution in [3.63, 3.8) is 0 Å². The smallest absolute Gasteiger partial charge is 0.293 e. The van der Waals surface area contributed by atoms with Gasteiger partial charge < -0.3 is 19.4 Å². The third kappa shape index (κ3) is 5.93. The number of halogens is 1. The topological polar surface area (TPSA) is 87.6 Å². The van der Waals surface area contributed by atoms with Gasteiger partial charge in [0.2, 0.25) is 5.95 Å². The number of carbonyl (C=O) groups excluding carboxylic acids is 1. The van der Waals surface area contributed by atoms with Gasteiger partial charge in [-0.2, -0.15) is 4.98 Å². The highest BCUT2D eigenvalue weighted by Gasteiger charge is 2.29. The number of hydrogen-bond donors (Lipinski definition) is 0. The Morgan fingerprint density at radius 1 is 1.08 bits per heavy atom. The minimum atomic E-state index is 0.158. The third-order valence-corrected chi connectivity index (χ3v) is 7.87. The Bertz CT molecular complexity index is 1320. The molecule has 9 nitrogen and oxygen atoms in total. The largest absolute Gasteiger partial charge is 0.463 e. The van der Waals surface area contributed by atoms with E-state index < -0.39 is 0 Å². The van der Waals surface area contributed by atoms with Gasteiger partial charge in [0.15, 0.2) is 0 Å². The first kappa shape index (κ1) is 27.1. The summed E-state index contributed by atoms with van der Waals surface area (Å²) >= 11 is 6.58. The molecule has 0 N–H and O–H groups in total. The van der Waals surface area contributed by atoms with E-state index in [1.807, 2.05) is 18.3 Å². The van der Waals surface area contributed by atoms with Gasteiger partial charge in [-0.15, -0.1) is 0 Å². The van der Waals surface area contributed by atoms with Gasteiger partial charge in [-0.05, 0) is 50.8 Å². The normalized spacial score (nSPS) is 19.6. The molecule has 0 amide bonds. The highest BCUT2D eigenvalue weighted by Crippen LogP contribution is 2.32. The molecule has 2 aliphatic heterocycles. The van der Waals surface area contributed by atoms with E-state index in [9.17, 15) is 4.79 Å². The van der Waals surface area contributed by atoms with E-state index in [0.717, 1.165) is 79.1 Å². The highest BCUT2D eigenvalue weighted by molar-refractivity contribution is 6.33. The first-order chi connectivity index (χ1) is 18.8. The molecule has 0 spiro atoms. The van der Waals surface area contributed by atoms with E-state index in [1.165, 1.54) is 0 Å². The molecule has 5 heterocycles. The summed E-state index contributed by atoms with van der Waals surface area (Å²) in [6.45, 7) is 12.6. The molecule has 39 heavy (non-hydrogen) atoms. The van der Waals surface area contributed by atoms with Gasteiger partial charge in [0.25, 0.3) is 6.47 Å². The Kier molecular flexibility index (Phi) is 8.16. The summed E-state index contributed by atoms with van der Waals surface area (Å²) in [6, 6.07) is 8.69. The lowest BCUT2D eigenvalue weighted by molar-refractivity contribution is -0.129. The lowest BCUT2D eigenvalue weighted by Crippen LogP contribution is -2.52. The molecule has 2 saturated heterocycles. The number of ether oxygens (including phenoxy) is 1. The number of anilines is 3. The van der Waals surface area contributed by atoms with Crippen molar-refractivity contribution in [2.24, 2.45) is 0 Å². The molecule has 3 aromatic heterocycles. The molecule has 0 radical (unpaired) electrons. The summed E-state index contributed by atoms with van der Waals surface area (Å²) in [5.74, 6) is 2.81. The van der Waals surface area contributed by atoms with Crippen LogP contribution in [0.2, 0.25) is 5.02 Å². The monoisotopic (exact) mass is 549 g/mol. The SMILES string of the molecule is CC(C)c1cc(-c2cc(N3CCN(c4ncc(COC=O)cc4Cl)C[C@H]3C)nc(N3CCC[C@@H]3C)n2)ccn1. The molecule has 206 valence electrons. The van der Waals surface area contributed by atoms with Crippen molar-refractivity contribution in [1.82, 2.24) is 19.9 Å². The van der Waals surface area contributed by atoms with Crippen LogP contribution in [0.25, 0.3) is 11.3 Å². The number of piperazine rings is 1. The molecule has 0 unspecified atom stereocenters. The Labute approximate surface area is 235 Å². The summed E-state index contributed by atoms with van der Waals surface area (Å²) in [5, 5.41) is 0.552. The van der Waals surface area contributed by atoms with Crippen molar-refractivity contribution in [3.05, 3.63) is 52.9 Å². The van der Waals surface area contributed by atoms with E-state index in [2.05, 4.69) is 64.5 Å². The van der Waals surface area contributed by atoms with E-state index in [4.69, 9.17) is 26.3 Å². The Hall–Kier alpha value is -3.46. The molecular formula is C29H36ClN7O2. The fourth-order valence-electron chi connectivity index (χ4n) is 5.40. The lowest BCUT2D eigenvalue weighted by Gasteiger charge is -2.41. The summed E-state index contributed by atoms with van der Waals surface area (Å²) < 4.78 is 4.83. The standard InChI is InChI=1S/C29H36ClN7O2/c1-19(2)25-13-23(7-8-31-25)26-14-27(34-29(33-26)37-9-5-6-20(37)3)36-11-10-35(16-21(36)4)28-24(30)12-22(15-32-28)17-39-18-38/h7-8,12-15,18-21H,5-6,9-11,16-17H2,1-4H3/t20-,21+/m0/s1. The van der Waals surface area contributed by atoms with Crippen LogP contribution in [-0.4, -0.2) is 64.7 Å². The van der Waals surface area contributed by atoms with Crippen molar-refractivity contribution < 1.29 is 9.53 Å². The first-order valence-corrected chi connectivity index (χ1v) is 14.0. The van der Waals surface area contributed by atoms with Crippen LogP contribution in [-0.2, 0) is 16.1 Å². The van der Waals surface area contributed by atoms with E-state index in [0.29, 0.717) is 23.5 Å². The Morgan fingerprint density at radius 2 is 1.92 bits per heavy atom. The number of carbonyl (C=O) groups is 1. The molecule has 5 rings (SSSR count). The molecule has 2 fully saturated rings. The second kappa shape index (κ2) is 11.7. The summed E-state index contributed by atoms with van der Waals surface area (Å²) in [5.41, 5.74) is 3.80. The zero-order valence-corrected chi connectivity index (χ0v) is 23.8. The Balaban J connectivity index is 1.43. The molecule has 0 saturated carbocycles. The molecule has 3 aromatic rings. The number of aromatic nitrogens is 4. The lowest BCUT2D eigenvalue weighted by atomic mass is 10.1. The molecular weight excluding hydrogens is 514 g/mol. The van der Waals surface area contributed by atoms with Crippen LogP contribution in [0.4, 0.5) is 17.6 Å². The van der Waals surface area contributed by atoms with Crippen molar-refractivity contribution in [2.45, 2.75) is 65.1 Å². The van der Waals surface area contributed by atoms with Crippen molar-refractivity contribution in [3.8, 4) is 11.3 Å². The second-order valence-electron chi connectivity index (χ2n) is 10.8. The van der Waals surface area contributed by atoms with Gasteiger partial charge in [-0.1, -0.05) is 25.4 Å². The van der Waals surface area contributed by atoms with Crippen LogP contribution in [0.15, 0.2) is 36.7 Å². The third-order valence-electron chi connectivity index (χ3n) is 7.60. The zero-order chi connectivity index (χ0) is 27.5. The van der Waals surface area contributed by atoms with Crippen LogP contribution in [0.1, 0.15) is 57.7 Å². The second-order valence-corrected chi connectivity index (χ2v) is 11.2. The van der Waals surface area contributed by atoms with Gasteiger partial charge in [-0.25, -0.2) is 9.97 Å². The molecule has 0 aromatic carbocycles. The van der Waals surface area contributed by atoms with Crippen LogP contribution >= 0.6 is 11.6 Å². The van der Waals surface area contributed by atoms with Gasteiger partial charge >= 0.3 is 0 Å². The molecule has 10 heteroatoms. The molecule has 2 aliphatic rings. The van der Waals surface area contributed by atoms with E-state index in [1.54, 1.807) is 6.20 Å². The summed E-state index contributed by atoms with van der Waals surface area (Å²) in [7, 11) is 0. The van der Waals surface area contributed by atoms with Crippen molar-refractivity contribution in [2.75, 3.05) is 40.9 Å². The average Bonchev–Trinajstić information content (AvgIpc) is 3.37. The maximum Gasteiger partial charge on any atom is 0.293 e. The molecule has 0 bridgehead atoms. The number of nitrogens with zero attached hydrogens (tertiary/aromatic N) is 7. The highest BCUT2D eigenvalue weighted by atomic mass is 35.5. The Morgan fingerprint density at radius 3 is 2.62 bits per heavy atom. The van der Waals surface area contributed by atoms with Crippen LogP contribution in [0, 0.1) is 0 Å². The van der Waals surface area contributed by atoms with Gasteiger partial charge in [-0.3, -0.25) is 9.78 Å². The number of rotatable bonds is 8. The van der Waals surface area contributed by atoms with Gasteiger partial charge in [0.05, 0.1) is 10.7 Å². The fourth-order valence-corrected chi connectivity index (χ4v) is 5.71. The molecule has 2 atom stereocenters. The van der Waals surface area contributed by atoms with Crippen LogP contribution in [0.5, 0.6) is 0 Å². The minimum absolute atomic E-state index is 0.158. The summed E-state index contributed by atoms with van der Waals surface area (Å²) in [6.07, 6.45) is 5.89. The van der Waals surface area contributed by atoms with Gasteiger partial charge in [0, 0.05) is 73.5 Å². The van der Waals surface area contributed by atoms with Crippen molar-refractivity contribution in [1.29, 1.82) is 0 Å². The number of pyridine rings is 2. The first-order valence-electron chi connectivity index (χ1n) is 13.7. The zero-order valence-electron chi connectivity index (χ0n) is 23.0. The van der Waals surface area contributed by atoms with Crippen LogP contribution < -0.4 is 14.7 Å². The summed E-state index contributed by atoms with van der Waals surface area (Å²) in [4.78, 5) is 36.7. The predicted octanol–water partition coefficient (Wildman–Crippen LogP) is 5.09. The molecule has 0 aliphatic carbocycles.